The van der Waals surface area contributed by atoms with E-state index in [4.69, 9.17) is 8.85 Å². The van der Waals surface area contributed by atoms with Gasteiger partial charge in [0.2, 0.25) is 0 Å². The minimum absolute atomic E-state index is 0.0441. The van der Waals surface area contributed by atoms with E-state index in [1.165, 1.54) is 31.3 Å². The van der Waals surface area contributed by atoms with Crippen molar-refractivity contribution in [2.75, 3.05) is 31.8 Å². The molecule has 0 atom stereocenters. The number of amides is 2. The van der Waals surface area contributed by atoms with Crippen LogP contribution in [0.25, 0.3) is 11.4 Å². The monoisotopic (exact) mass is 415 g/mol. The van der Waals surface area contributed by atoms with Gasteiger partial charge in [-0.3, -0.25) is 14.8 Å². The first kappa shape index (κ1) is 16.7. The quantitative estimate of drug-likeness (QED) is 0.546. The molecule has 0 aliphatic heterocycles. The number of nitrogens with zero attached hydrogens (tertiary/aromatic N) is 5. The van der Waals surface area contributed by atoms with Gasteiger partial charge < -0.3 is 20.1 Å². The maximum Gasteiger partial charge on any atom is 0.412 e. The molecule has 30 heavy (non-hydrogen) atoms. The summed E-state index contributed by atoms with van der Waals surface area (Å²) >= 11 is 0. The molecule has 1 aromatic carbocycles. The van der Waals surface area contributed by atoms with E-state index in [9.17, 15) is 9.59 Å². The second kappa shape index (κ2) is 8.86. The highest BCUT2D eigenvalue weighted by Gasteiger charge is 2.19. The highest BCUT2D eigenvalue weighted by Crippen LogP contribution is 2.37. The van der Waals surface area contributed by atoms with Gasteiger partial charge in [-0.05, 0) is 12.1 Å². The Morgan fingerprint density at radius 3 is 2.70 bits per heavy atom. The SMILES string of the molecule is [2H]C([2H])([2H])NC(=O)c1nnc(NC(=O)OC)cc1Nc1cccc(-c2ncn(C)n2)c1OC. The summed E-state index contributed by atoms with van der Waals surface area (Å²) in [7, 11) is 4.34. The van der Waals surface area contributed by atoms with E-state index in [1.807, 2.05) is 5.32 Å². The van der Waals surface area contributed by atoms with E-state index in [2.05, 4.69) is 35.7 Å². The Morgan fingerprint density at radius 1 is 1.20 bits per heavy atom. The van der Waals surface area contributed by atoms with Crippen LogP contribution in [-0.2, 0) is 11.8 Å². The number of hydrogen-bond acceptors (Lipinski definition) is 9. The molecule has 0 unspecified atom stereocenters. The van der Waals surface area contributed by atoms with E-state index in [0.29, 0.717) is 22.8 Å². The van der Waals surface area contributed by atoms with Gasteiger partial charge in [0.1, 0.15) is 6.33 Å². The molecule has 0 bridgehead atoms. The number of ether oxygens (including phenoxy) is 2. The molecule has 2 amide bonds. The molecule has 12 nitrogen and oxygen atoms in total. The molecule has 2 aromatic heterocycles. The molecule has 0 saturated heterocycles. The van der Waals surface area contributed by atoms with Gasteiger partial charge in [-0.25, -0.2) is 9.78 Å². The molecule has 0 saturated carbocycles. The van der Waals surface area contributed by atoms with Crippen LogP contribution >= 0.6 is 0 Å². The van der Waals surface area contributed by atoms with Gasteiger partial charge in [0.25, 0.3) is 5.91 Å². The Labute approximate surface area is 175 Å². The summed E-state index contributed by atoms with van der Waals surface area (Å²) in [5, 5.41) is 18.9. The molecule has 12 heteroatoms. The van der Waals surface area contributed by atoms with Crippen LogP contribution in [0.2, 0.25) is 0 Å². The third-order valence-electron chi connectivity index (χ3n) is 3.87. The molecule has 3 N–H and O–H groups in total. The highest BCUT2D eigenvalue weighted by atomic mass is 16.5. The largest absolute Gasteiger partial charge is 0.494 e. The van der Waals surface area contributed by atoms with Crippen LogP contribution < -0.4 is 20.7 Å². The average molecular weight is 415 g/mol. The Morgan fingerprint density at radius 2 is 2.03 bits per heavy atom. The topological polar surface area (TPSA) is 145 Å². The smallest absolute Gasteiger partial charge is 0.412 e. The minimum Gasteiger partial charge on any atom is -0.494 e. The Kier molecular flexibility index (Phi) is 4.93. The van der Waals surface area contributed by atoms with Crippen LogP contribution in [-0.4, -0.2) is 58.2 Å². The molecule has 0 aliphatic carbocycles. The molecule has 3 rings (SSSR count). The predicted molar refractivity (Wildman–Crippen MR) is 108 cm³/mol. The molecule has 156 valence electrons. The molecular formula is C18H20N8O4. The number of hydrogen-bond donors (Lipinski definition) is 3. The van der Waals surface area contributed by atoms with Crippen molar-refractivity contribution in [2.45, 2.75) is 0 Å². The van der Waals surface area contributed by atoms with Gasteiger partial charge in [0.15, 0.2) is 23.1 Å². The van der Waals surface area contributed by atoms with E-state index in [-0.39, 0.29) is 17.2 Å². The van der Waals surface area contributed by atoms with Crippen LogP contribution in [0.5, 0.6) is 5.75 Å². The van der Waals surface area contributed by atoms with Crippen molar-refractivity contribution in [3.63, 3.8) is 0 Å². The van der Waals surface area contributed by atoms with E-state index in [1.54, 1.807) is 25.2 Å². The molecule has 2 heterocycles. The number of rotatable bonds is 6. The maximum atomic E-state index is 12.5. The molecule has 0 fully saturated rings. The number of anilines is 3. The van der Waals surface area contributed by atoms with Crippen molar-refractivity contribution in [1.82, 2.24) is 30.3 Å². The predicted octanol–water partition coefficient (Wildman–Crippen LogP) is 1.56. The van der Waals surface area contributed by atoms with Crippen LogP contribution in [0.15, 0.2) is 30.6 Å². The summed E-state index contributed by atoms with van der Waals surface area (Å²) in [6, 6.07) is 6.41. The van der Waals surface area contributed by atoms with Crippen molar-refractivity contribution >= 4 is 29.2 Å². The maximum absolute atomic E-state index is 12.5. The molecule has 0 aliphatic rings. The first-order valence-electron chi connectivity index (χ1n) is 9.96. The number of carbonyl (C=O) groups is 2. The van der Waals surface area contributed by atoms with Crippen molar-refractivity contribution in [2.24, 2.45) is 7.05 Å². The fraction of sp³-hybridized carbons (Fsp3) is 0.222. The van der Waals surface area contributed by atoms with Crippen molar-refractivity contribution < 1.29 is 23.2 Å². The number of carbonyl (C=O) groups excluding carboxylic acids is 2. The second-order valence-electron chi connectivity index (χ2n) is 5.82. The highest BCUT2D eigenvalue weighted by molar-refractivity contribution is 5.99. The van der Waals surface area contributed by atoms with Gasteiger partial charge in [0, 0.05) is 24.2 Å². The lowest BCUT2D eigenvalue weighted by Gasteiger charge is -2.16. The number of methoxy groups -OCH3 is 2. The first-order valence-corrected chi connectivity index (χ1v) is 8.46. The zero-order chi connectivity index (χ0) is 24.2. The number of aryl methyl sites for hydroxylation is 1. The van der Waals surface area contributed by atoms with Crippen molar-refractivity contribution in [3.05, 3.63) is 36.3 Å². The number of aromatic nitrogens is 5. The van der Waals surface area contributed by atoms with Gasteiger partial charge in [-0.15, -0.1) is 10.2 Å². The first-order chi connectivity index (χ1) is 15.6. The Balaban J connectivity index is 2.06. The number of para-hydroxylation sites is 1. The lowest BCUT2D eigenvalue weighted by molar-refractivity contribution is 0.0958. The summed E-state index contributed by atoms with van der Waals surface area (Å²) in [5.74, 6) is -0.295. The molecule has 3 aromatic rings. The number of benzene rings is 1. The normalized spacial score (nSPS) is 12.2. The Bertz CT molecular complexity index is 1180. The van der Waals surface area contributed by atoms with Gasteiger partial charge in [-0.1, -0.05) is 6.07 Å². The fourth-order valence-electron chi connectivity index (χ4n) is 2.57. The zero-order valence-electron chi connectivity index (χ0n) is 19.3. The second-order valence-corrected chi connectivity index (χ2v) is 5.82. The van der Waals surface area contributed by atoms with Crippen LogP contribution in [0.4, 0.5) is 22.0 Å². The van der Waals surface area contributed by atoms with Gasteiger partial charge in [-0.2, -0.15) is 5.10 Å². The molecule has 0 radical (unpaired) electrons. The number of nitrogens with one attached hydrogen (secondary N) is 3. The summed E-state index contributed by atoms with van der Waals surface area (Å²) in [5.41, 5.74) is 0.668. The van der Waals surface area contributed by atoms with Crippen LogP contribution in [0.3, 0.4) is 0 Å². The van der Waals surface area contributed by atoms with Gasteiger partial charge in [0.05, 0.1) is 31.2 Å². The van der Waals surface area contributed by atoms with Crippen molar-refractivity contribution in [1.29, 1.82) is 0 Å². The van der Waals surface area contributed by atoms with Crippen molar-refractivity contribution in [3.8, 4) is 17.1 Å². The zero-order valence-corrected chi connectivity index (χ0v) is 16.3. The summed E-state index contributed by atoms with van der Waals surface area (Å²) in [6.45, 7) is -2.75. The van der Waals surface area contributed by atoms with E-state index in [0.717, 1.165) is 0 Å². The Hall–Kier alpha value is -4.22. The lowest BCUT2D eigenvalue weighted by atomic mass is 10.1. The summed E-state index contributed by atoms with van der Waals surface area (Å²) in [4.78, 5) is 28.3. The van der Waals surface area contributed by atoms with Gasteiger partial charge >= 0.3 is 6.09 Å². The summed E-state index contributed by atoms with van der Waals surface area (Å²) < 4.78 is 33.4. The minimum atomic E-state index is -2.75. The fourth-order valence-corrected chi connectivity index (χ4v) is 2.57. The third kappa shape index (κ3) is 4.27. The molecule has 0 spiro atoms. The van der Waals surface area contributed by atoms with E-state index >= 15 is 0 Å². The third-order valence-corrected chi connectivity index (χ3v) is 3.87. The van der Waals surface area contributed by atoms with E-state index < -0.39 is 19.0 Å². The van der Waals surface area contributed by atoms with Crippen LogP contribution in [0, 0.1) is 0 Å². The lowest BCUT2D eigenvalue weighted by Crippen LogP contribution is -2.22. The summed E-state index contributed by atoms with van der Waals surface area (Å²) in [6.07, 6.45) is 0.722. The standard InChI is InChI=1S/C18H20N8O4/c1-19-17(27)14-12(8-13(23-24-14)22-18(28)30-4)21-11-7-5-6-10(15(11)29-3)16-20-9-26(2)25-16/h5-9H,1-4H3,(H,19,27)(H2,21,22,23,28)/i1D3. The van der Waals surface area contributed by atoms with Crippen LogP contribution in [0.1, 0.15) is 14.6 Å². The molecular weight excluding hydrogens is 392 g/mol. The average Bonchev–Trinajstić information content (AvgIpc) is 3.18.